The van der Waals surface area contributed by atoms with E-state index in [1.165, 1.54) is 12.1 Å². The van der Waals surface area contributed by atoms with E-state index in [1.54, 1.807) is 18.2 Å². The van der Waals surface area contributed by atoms with Gasteiger partial charge in [0, 0.05) is 10.2 Å². The maximum Gasteiger partial charge on any atom is 0.416 e. The summed E-state index contributed by atoms with van der Waals surface area (Å²) in [7, 11) is 0. The van der Waals surface area contributed by atoms with E-state index >= 15 is 0 Å². The van der Waals surface area contributed by atoms with Crippen molar-refractivity contribution < 1.29 is 22.7 Å². The molecular formula is C18H16BrF3N2O2S. The molecule has 0 saturated heterocycles. The van der Waals surface area contributed by atoms with Gasteiger partial charge in [0.05, 0.1) is 17.7 Å². The first-order valence-corrected chi connectivity index (χ1v) is 9.12. The molecule has 4 nitrogen and oxygen atoms in total. The molecule has 0 aliphatic rings. The fraction of sp³-hybridized carbons (Fsp3) is 0.222. The van der Waals surface area contributed by atoms with Crippen LogP contribution in [0.5, 0.6) is 5.75 Å². The molecule has 9 heteroatoms. The minimum atomic E-state index is -4.47. The summed E-state index contributed by atoms with van der Waals surface area (Å²) >= 11 is 8.32. The number of carbonyl (C=O) groups is 1. The van der Waals surface area contributed by atoms with Gasteiger partial charge in [0.2, 0.25) is 0 Å². The summed E-state index contributed by atoms with van der Waals surface area (Å²) in [5, 5.41) is 4.90. The predicted octanol–water partition coefficient (Wildman–Crippen LogP) is 5.38. The number of hydrogen-bond donors (Lipinski definition) is 2. The summed E-state index contributed by atoms with van der Waals surface area (Å²) in [5.74, 6) is -0.147. The Morgan fingerprint density at radius 3 is 2.63 bits per heavy atom. The van der Waals surface area contributed by atoms with Crippen molar-refractivity contribution in [1.82, 2.24) is 5.32 Å². The van der Waals surface area contributed by atoms with Crippen LogP contribution in [0.25, 0.3) is 0 Å². The summed E-state index contributed by atoms with van der Waals surface area (Å²) < 4.78 is 44.5. The van der Waals surface area contributed by atoms with E-state index in [2.05, 4.69) is 26.6 Å². The summed E-state index contributed by atoms with van der Waals surface area (Å²) in [5.41, 5.74) is -0.443. The first kappa shape index (κ1) is 21.2. The minimum absolute atomic E-state index is 0.117. The molecule has 0 atom stereocenters. The quantitative estimate of drug-likeness (QED) is 0.587. The van der Waals surface area contributed by atoms with Crippen molar-refractivity contribution in [2.45, 2.75) is 19.5 Å². The van der Waals surface area contributed by atoms with Crippen molar-refractivity contribution in [2.75, 3.05) is 11.9 Å². The number of carbonyl (C=O) groups excluding carboxylic acids is 1. The number of rotatable bonds is 5. The second kappa shape index (κ2) is 9.18. The molecule has 0 unspecified atom stereocenters. The Morgan fingerprint density at radius 2 is 1.96 bits per heavy atom. The smallest absolute Gasteiger partial charge is 0.416 e. The molecule has 0 radical (unpaired) electrons. The largest absolute Gasteiger partial charge is 0.493 e. The minimum Gasteiger partial charge on any atom is -0.493 e. The number of hydrogen-bond acceptors (Lipinski definition) is 3. The van der Waals surface area contributed by atoms with Gasteiger partial charge in [0.25, 0.3) is 5.91 Å². The van der Waals surface area contributed by atoms with Gasteiger partial charge in [-0.3, -0.25) is 10.1 Å². The SMILES string of the molecule is CCCOc1ccc(Br)cc1C(=O)NC(=S)Nc1cccc(C(F)(F)F)c1. The number of ether oxygens (including phenoxy) is 1. The molecule has 0 spiro atoms. The fourth-order valence-electron chi connectivity index (χ4n) is 2.12. The Balaban J connectivity index is 2.10. The van der Waals surface area contributed by atoms with Crippen LogP contribution in [0.1, 0.15) is 29.3 Å². The van der Waals surface area contributed by atoms with Crippen molar-refractivity contribution in [3.8, 4) is 5.75 Å². The van der Waals surface area contributed by atoms with Crippen molar-refractivity contribution in [1.29, 1.82) is 0 Å². The van der Waals surface area contributed by atoms with Gasteiger partial charge in [-0.25, -0.2) is 0 Å². The van der Waals surface area contributed by atoms with E-state index in [1.807, 2.05) is 6.92 Å². The Hall–Kier alpha value is -2.13. The van der Waals surface area contributed by atoms with Crippen LogP contribution >= 0.6 is 28.1 Å². The van der Waals surface area contributed by atoms with E-state index < -0.39 is 17.6 Å². The number of thiocarbonyl (C=S) groups is 1. The summed E-state index contributed by atoms with van der Waals surface area (Å²) in [6, 6.07) is 9.49. The van der Waals surface area contributed by atoms with Crippen molar-refractivity contribution in [2.24, 2.45) is 0 Å². The molecule has 0 aliphatic carbocycles. The molecule has 27 heavy (non-hydrogen) atoms. The Morgan fingerprint density at radius 1 is 1.22 bits per heavy atom. The maximum absolute atomic E-state index is 12.8. The lowest BCUT2D eigenvalue weighted by molar-refractivity contribution is -0.137. The van der Waals surface area contributed by atoms with Crippen LogP contribution in [0.3, 0.4) is 0 Å². The summed E-state index contributed by atoms with van der Waals surface area (Å²) in [4.78, 5) is 12.5. The van der Waals surface area contributed by atoms with Crippen molar-refractivity contribution >= 4 is 44.9 Å². The number of amides is 1. The topological polar surface area (TPSA) is 50.4 Å². The number of anilines is 1. The van der Waals surface area contributed by atoms with E-state index in [4.69, 9.17) is 17.0 Å². The maximum atomic E-state index is 12.8. The molecule has 2 rings (SSSR count). The van der Waals surface area contributed by atoms with E-state index in [-0.39, 0.29) is 16.4 Å². The first-order valence-electron chi connectivity index (χ1n) is 7.92. The number of benzene rings is 2. The van der Waals surface area contributed by atoms with Gasteiger partial charge in [-0.2, -0.15) is 13.2 Å². The molecule has 0 aromatic heterocycles. The first-order chi connectivity index (χ1) is 12.7. The van der Waals surface area contributed by atoms with Gasteiger partial charge in [-0.15, -0.1) is 0 Å². The lowest BCUT2D eigenvalue weighted by Gasteiger charge is -2.14. The third-order valence-corrected chi connectivity index (χ3v) is 4.02. The molecule has 144 valence electrons. The lowest BCUT2D eigenvalue weighted by Crippen LogP contribution is -2.34. The molecule has 0 saturated carbocycles. The molecule has 2 aromatic rings. The van der Waals surface area contributed by atoms with Crippen LogP contribution in [0.4, 0.5) is 18.9 Å². The average molecular weight is 461 g/mol. The third-order valence-electron chi connectivity index (χ3n) is 3.32. The van der Waals surface area contributed by atoms with Gasteiger partial charge in [-0.1, -0.05) is 28.9 Å². The highest BCUT2D eigenvalue weighted by Gasteiger charge is 2.30. The van der Waals surface area contributed by atoms with Crippen LogP contribution in [0, 0.1) is 0 Å². The molecule has 0 bridgehead atoms. The highest BCUT2D eigenvalue weighted by Crippen LogP contribution is 2.30. The summed E-state index contributed by atoms with van der Waals surface area (Å²) in [6.45, 7) is 2.38. The molecule has 1 amide bonds. The van der Waals surface area contributed by atoms with Gasteiger partial charge in [0.15, 0.2) is 5.11 Å². The van der Waals surface area contributed by atoms with Crippen LogP contribution in [-0.2, 0) is 6.18 Å². The Labute approximate surface area is 168 Å². The van der Waals surface area contributed by atoms with E-state index in [0.717, 1.165) is 18.6 Å². The Bertz CT molecular complexity index is 844. The molecule has 2 aromatic carbocycles. The summed E-state index contributed by atoms with van der Waals surface area (Å²) in [6.07, 6.45) is -3.70. The Kier molecular flexibility index (Phi) is 7.20. The zero-order valence-corrected chi connectivity index (χ0v) is 16.6. The van der Waals surface area contributed by atoms with E-state index in [0.29, 0.717) is 16.8 Å². The third kappa shape index (κ3) is 6.21. The number of halogens is 4. The number of nitrogens with one attached hydrogen (secondary N) is 2. The van der Waals surface area contributed by atoms with Gasteiger partial charge in [-0.05, 0) is 55.0 Å². The van der Waals surface area contributed by atoms with Crippen LogP contribution < -0.4 is 15.4 Å². The highest BCUT2D eigenvalue weighted by molar-refractivity contribution is 9.10. The molecular weight excluding hydrogens is 445 g/mol. The van der Waals surface area contributed by atoms with E-state index in [9.17, 15) is 18.0 Å². The highest BCUT2D eigenvalue weighted by atomic mass is 79.9. The molecule has 0 aliphatic heterocycles. The van der Waals surface area contributed by atoms with Crippen LogP contribution in [0.2, 0.25) is 0 Å². The fourth-order valence-corrected chi connectivity index (χ4v) is 2.70. The van der Waals surface area contributed by atoms with Gasteiger partial charge < -0.3 is 10.1 Å². The van der Waals surface area contributed by atoms with Crippen LogP contribution in [-0.4, -0.2) is 17.6 Å². The predicted molar refractivity (Wildman–Crippen MR) is 105 cm³/mol. The normalized spacial score (nSPS) is 11.0. The van der Waals surface area contributed by atoms with Gasteiger partial charge in [0.1, 0.15) is 5.75 Å². The zero-order chi connectivity index (χ0) is 20.0. The van der Waals surface area contributed by atoms with Crippen LogP contribution in [0.15, 0.2) is 46.9 Å². The molecule has 2 N–H and O–H groups in total. The monoisotopic (exact) mass is 460 g/mol. The average Bonchev–Trinajstić information content (AvgIpc) is 2.60. The van der Waals surface area contributed by atoms with Crippen molar-refractivity contribution in [3.05, 3.63) is 58.1 Å². The standard InChI is InChI=1S/C18H16BrF3N2O2S/c1-2-8-26-15-7-6-12(19)10-14(15)16(25)24-17(27)23-13-5-3-4-11(9-13)18(20,21)22/h3-7,9-10H,2,8H2,1H3,(H2,23,24,25,27). The zero-order valence-electron chi connectivity index (χ0n) is 14.2. The van der Waals surface area contributed by atoms with Gasteiger partial charge >= 0.3 is 6.18 Å². The van der Waals surface area contributed by atoms with Crippen molar-refractivity contribution in [3.63, 3.8) is 0 Å². The second-order valence-electron chi connectivity index (χ2n) is 5.48. The second-order valence-corrected chi connectivity index (χ2v) is 6.80. The molecule has 0 heterocycles. The lowest BCUT2D eigenvalue weighted by atomic mass is 10.2. The number of alkyl halides is 3. The molecule has 0 fully saturated rings.